The van der Waals surface area contributed by atoms with Gasteiger partial charge in [-0.25, -0.2) is 4.39 Å². The minimum atomic E-state index is -0.126. The standard InChI is InChI=1S/C14H13BrFNS/c15-13-8-18-7-12(13)9-1-2-10(14(16)5-9)6-17-11-3-4-11/h1-2,5,7-8,11,17H,3-4,6H2. The van der Waals surface area contributed by atoms with Crippen molar-refractivity contribution in [2.75, 3.05) is 0 Å². The summed E-state index contributed by atoms with van der Waals surface area (Å²) in [6, 6.07) is 6.09. The molecule has 1 N–H and O–H groups in total. The Morgan fingerprint density at radius 3 is 2.78 bits per heavy atom. The maximum atomic E-state index is 14.0. The molecule has 0 atom stereocenters. The number of hydrogen-bond donors (Lipinski definition) is 1. The van der Waals surface area contributed by atoms with Gasteiger partial charge in [-0.2, -0.15) is 11.3 Å². The van der Waals surface area contributed by atoms with E-state index in [-0.39, 0.29) is 5.82 Å². The molecule has 1 heterocycles. The number of benzene rings is 1. The first-order valence-corrected chi connectivity index (χ1v) is 7.71. The second kappa shape index (κ2) is 5.11. The highest BCUT2D eigenvalue weighted by Gasteiger charge is 2.20. The summed E-state index contributed by atoms with van der Waals surface area (Å²) in [5, 5.41) is 7.37. The highest BCUT2D eigenvalue weighted by atomic mass is 79.9. The van der Waals surface area contributed by atoms with Gasteiger partial charge in [0.1, 0.15) is 5.82 Å². The van der Waals surface area contributed by atoms with Crippen molar-refractivity contribution in [3.05, 3.63) is 44.8 Å². The van der Waals surface area contributed by atoms with Gasteiger partial charge in [0.25, 0.3) is 0 Å². The van der Waals surface area contributed by atoms with Crippen molar-refractivity contribution >= 4 is 27.3 Å². The van der Waals surface area contributed by atoms with Gasteiger partial charge < -0.3 is 5.32 Å². The molecule has 1 nitrogen and oxygen atoms in total. The summed E-state index contributed by atoms with van der Waals surface area (Å²) in [5.74, 6) is -0.126. The van der Waals surface area contributed by atoms with Crippen molar-refractivity contribution in [1.29, 1.82) is 0 Å². The molecule has 3 rings (SSSR count). The fourth-order valence-electron chi connectivity index (χ4n) is 1.89. The van der Waals surface area contributed by atoms with Crippen LogP contribution in [0, 0.1) is 5.82 Å². The van der Waals surface area contributed by atoms with E-state index in [1.807, 2.05) is 22.9 Å². The maximum Gasteiger partial charge on any atom is 0.128 e. The minimum Gasteiger partial charge on any atom is -0.310 e. The lowest BCUT2D eigenvalue weighted by Crippen LogP contribution is -2.16. The second-order valence-electron chi connectivity index (χ2n) is 4.59. The fourth-order valence-corrected chi connectivity index (χ4v) is 3.42. The number of halogens is 2. The van der Waals surface area contributed by atoms with Crippen molar-refractivity contribution < 1.29 is 4.39 Å². The second-order valence-corrected chi connectivity index (χ2v) is 6.19. The first-order valence-electron chi connectivity index (χ1n) is 5.98. The highest BCUT2D eigenvalue weighted by Crippen LogP contribution is 2.32. The molecule has 0 amide bonds. The highest BCUT2D eigenvalue weighted by molar-refractivity contribution is 9.10. The summed E-state index contributed by atoms with van der Waals surface area (Å²) >= 11 is 5.09. The Bertz CT molecular complexity index is 563. The zero-order chi connectivity index (χ0) is 12.5. The van der Waals surface area contributed by atoms with Crippen LogP contribution in [0.3, 0.4) is 0 Å². The molecule has 94 valence electrons. The third kappa shape index (κ3) is 2.66. The van der Waals surface area contributed by atoms with Gasteiger partial charge in [-0.05, 0) is 45.8 Å². The Labute approximate surface area is 118 Å². The predicted octanol–water partition coefficient (Wildman–Crippen LogP) is 4.57. The SMILES string of the molecule is Fc1cc(-c2cscc2Br)ccc1CNC1CC1. The van der Waals surface area contributed by atoms with E-state index in [0.29, 0.717) is 12.6 Å². The molecule has 0 radical (unpaired) electrons. The van der Waals surface area contributed by atoms with Crippen molar-refractivity contribution in [2.24, 2.45) is 0 Å². The molecule has 1 aromatic heterocycles. The average molecular weight is 326 g/mol. The number of rotatable bonds is 4. The summed E-state index contributed by atoms with van der Waals surface area (Å²) in [7, 11) is 0. The Morgan fingerprint density at radius 1 is 1.33 bits per heavy atom. The Hall–Kier alpha value is -0.710. The number of hydrogen-bond acceptors (Lipinski definition) is 2. The first kappa shape index (κ1) is 12.3. The van der Waals surface area contributed by atoms with Gasteiger partial charge in [0.15, 0.2) is 0 Å². The Kier molecular flexibility index (Phi) is 3.50. The smallest absolute Gasteiger partial charge is 0.128 e. The molecule has 0 aliphatic heterocycles. The first-order chi connectivity index (χ1) is 8.74. The minimum absolute atomic E-state index is 0.126. The molecule has 1 aromatic carbocycles. The molecule has 18 heavy (non-hydrogen) atoms. The van der Waals surface area contributed by atoms with Crippen LogP contribution in [-0.4, -0.2) is 6.04 Å². The molecule has 0 unspecified atom stereocenters. The third-order valence-corrected chi connectivity index (χ3v) is 4.84. The van der Waals surface area contributed by atoms with E-state index in [2.05, 4.69) is 21.2 Å². The van der Waals surface area contributed by atoms with Crippen LogP contribution >= 0.6 is 27.3 Å². The van der Waals surface area contributed by atoms with Gasteiger partial charge in [-0.15, -0.1) is 0 Å². The van der Waals surface area contributed by atoms with Gasteiger partial charge in [0.05, 0.1) is 0 Å². The molecule has 1 aliphatic carbocycles. The zero-order valence-electron chi connectivity index (χ0n) is 9.75. The van der Waals surface area contributed by atoms with E-state index in [0.717, 1.165) is 21.2 Å². The Morgan fingerprint density at radius 2 is 2.17 bits per heavy atom. The average Bonchev–Trinajstić information content (AvgIpc) is 3.09. The number of thiophene rings is 1. The molecule has 0 bridgehead atoms. The Balaban J connectivity index is 1.81. The molecule has 1 aliphatic rings. The van der Waals surface area contributed by atoms with E-state index in [9.17, 15) is 4.39 Å². The molecule has 2 aromatic rings. The van der Waals surface area contributed by atoms with Crippen LogP contribution < -0.4 is 5.32 Å². The number of nitrogens with one attached hydrogen (secondary N) is 1. The van der Waals surface area contributed by atoms with E-state index in [1.165, 1.54) is 12.8 Å². The van der Waals surface area contributed by atoms with Gasteiger partial charge in [-0.1, -0.05) is 12.1 Å². The van der Waals surface area contributed by atoms with E-state index >= 15 is 0 Å². The predicted molar refractivity (Wildman–Crippen MR) is 77.3 cm³/mol. The van der Waals surface area contributed by atoms with Crippen LogP contribution in [0.15, 0.2) is 33.4 Å². The topological polar surface area (TPSA) is 12.0 Å². The van der Waals surface area contributed by atoms with Gasteiger partial charge in [0.2, 0.25) is 0 Å². The molecule has 0 spiro atoms. The third-order valence-electron chi connectivity index (χ3n) is 3.14. The summed E-state index contributed by atoms with van der Waals surface area (Å²) in [4.78, 5) is 0. The van der Waals surface area contributed by atoms with E-state index in [1.54, 1.807) is 17.4 Å². The zero-order valence-corrected chi connectivity index (χ0v) is 12.2. The molecule has 1 fully saturated rings. The lowest BCUT2D eigenvalue weighted by Gasteiger charge is -2.07. The molecule has 1 saturated carbocycles. The van der Waals surface area contributed by atoms with Crippen LogP contribution in [0.1, 0.15) is 18.4 Å². The van der Waals surface area contributed by atoms with Gasteiger partial charge in [-0.3, -0.25) is 0 Å². The summed E-state index contributed by atoms with van der Waals surface area (Å²) in [6.07, 6.45) is 2.45. The monoisotopic (exact) mass is 325 g/mol. The van der Waals surface area contributed by atoms with Gasteiger partial charge >= 0.3 is 0 Å². The molecule has 0 saturated heterocycles. The maximum absolute atomic E-state index is 14.0. The molecular formula is C14H13BrFNS. The summed E-state index contributed by atoms with van der Waals surface area (Å²) in [5.41, 5.74) is 2.73. The molecular weight excluding hydrogens is 313 g/mol. The van der Waals surface area contributed by atoms with Crippen molar-refractivity contribution in [3.63, 3.8) is 0 Å². The van der Waals surface area contributed by atoms with Crippen molar-refractivity contribution in [1.82, 2.24) is 5.32 Å². The van der Waals surface area contributed by atoms with Gasteiger partial charge in [0, 0.05) is 33.6 Å². The van der Waals surface area contributed by atoms with Crippen molar-refractivity contribution in [2.45, 2.75) is 25.4 Å². The summed E-state index contributed by atoms with van der Waals surface area (Å²) in [6.45, 7) is 0.627. The van der Waals surface area contributed by atoms with Crippen LogP contribution in [0.4, 0.5) is 4.39 Å². The normalized spacial score (nSPS) is 15.0. The fraction of sp³-hybridized carbons (Fsp3) is 0.286. The van der Waals surface area contributed by atoms with Crippen molar-refractivity contribution in [3.8, 4) is 11.1 Å². The summed E-state index contributed by atoms with van der Waals surface area (Å²) < 4.78 is 15.0. The largest absolute Gasteiger partial charge is 0.310 e. The van der Waals surface area contributed by atoms with Crippen LogP contribution in [0.5, 0.6) is 0 Å². The van der Waals surface area contributed by atoms with Crippen LogP contribution in [-0.2, 0) is 6.54 Å². The van der Waals surface area contributed by atoms with E-state index < -0.39 is 0 Å². The lowest BCUT2D eigenvalue weighted by molar-refractivity contribution is 0.587. The van der Waals surface area contributed by atoms with Crippen LogP contribution in [0.25, 0.3) is 11.1 Å². The lowest BCUT2D eigenvalue weighted by atomic mass is 10.1. The van der Waals surface area contributed by atoms with E-state index in [4.69, 9.17) is 0 Å². The molecule has 4 heteroatoms. The quantitative estimate of drug-likeness (QED) is 0.868. The van der Waals surface area contributed by atoms with Crippen LogP contribution in [0.2, 0.25) is 0 Å².